The van der Waals surface area contributed by atoms with Crippen LogP contribution in [-0.2, 0) is 11.5 Å². The highest BCUT2D eigenvalue weighted by atomic mass is 28.3. The van der Waals surface area contributed by atoms with Gasteiger partial charge in [-0.05, 0) is 24.2 Å². The summed E-state index contributed by atoms with van der Waals surface area (Å²) in [4.78, 5) is 11.2. The molecular weight excluding hydrogens is 286 g/mol. The van der Waals surface area contributed by atoms with Crippen molar-refractivity contribution in [1.82, 2.24) is 9.78 Å². The van der Waals surface area contributed by atoms with Crippen molar-refractivity contribution in [3.63, 3.8) is 0 Å². The van der Waals surface area contributed by atoms with E-state index in [-0.39, 0.29) is 12.4 Å². The molecule has 0 saturated carbocycles. The van der Waals surface area contributed by atoms with Crippen LogP contribution in [0.2, 0.25) is 25.7 Å². The van der Waals surface area contributed by atoms with Gasteiger partial charge in [0.1, 0.15) is 6.73 Å². The largest absolute Gasteiger partial charge is 0.476 e. The molecule has 1 heterocycles. The molecule has 0 amide bonds. The molecule has 0 aliphatic heterocycles. The van der Waals surface area contributed by atoms with E-state index in [1.54, 1.807) is 22.9 Å². The Kier molecular flexibility index (Phi) is 4.34. The number of nitrogens with two attached hydrogens (primary N) is 1. The summed E-state index contributed by atoms with van der Waals surface area (Å²) in [5.41, 5.74) is 6.96. The van der Waals surface area contributed by atoms with E-state index in [1.165, 1.54) is 0 Å². The molecule has 0 bridgehead atoms. The van der Waals surface area contributed by atoms with Crippen LogP contribution in [0.3, 0.4) is 0 Å². The van der Waals surface area contributed by atoms with Crippen LogP contribution < -0.4 is 5.73 Å². The van der Waals surface area contributed by atoms with Crippen molar-refractivity contribution >= 4 is 30.6 Å². The Labute approximate surface area is 124 Å². The number of hydrogen-bond donors (Lipinski definition) is 2. The molecule has 3 N–H and O–H groups in total. The van der Waals surface area contributed by atoms with Crippen molar-refractivity contribution in [1.29, 1.82) is 0 Å². The zero-order valence-corrected chi connectivity index (χ0v) is 13.6. The Morgan fingerprint density at radius 3 is 2.76 bits per heavy atom. The fraction of sp³-hybridized carbons (Fsp3) is 0.429. The molecule has 0 aliphatic rings. The summed E-state index contributed by atoms with van der Waals surface area (Å²) in [5.74, 6) is -1.06. The molecule has 0 unspecified atom stereocenters. The van der Waals surface area contributed by atoms with Gasteiger partial charge >= 0.3 is 5.97 Å². The number of carboxylic acid groups (broad SMARTS) is 1. The van der Waals surface area contributed by atoms with Crippen molar-refractivity contribution in [3.8, 4) is 0 Å². The normalized spacial score (nSPS) is 12.0. The first-order chi connectivity index (χ1) is 9.78. The van der Waals surface area contributed by atoms with Crippen molar-refractivity contribution in [3.05, 3.63) is 23.9 Å². The van der Waals surface area contributed by atoms with E-state index in [0.717, 1.165) is 11.6 Å². The van der Waals surface area contributed by atoms with Gasteiger partial charge in [0.05, 0.1) is 5.52 Å². The maximum atomic E-state index is 11.2. The van der Waals surface area contributed by atoms with E-state index in [2.05, 4.69) is 24.7 Å². The first kappa shape index (κ1) is 15.5. The van der Waals surface area contributed by atoms with Gasteiger partial charge in [-0.1, -0.05) is 19.6 Å². The lowest BCUT2D eigenvalue weighted by Gasteiger charge is -2.15. The number of ether oxygens (including phenoxy) is 1. The zero-order chi connectivity index (χ0) is 15.6. The first-order valence-corrected chi connectivity index (χ1v) is 10.6. The average Bonchev–Trinajstić information content (AvgIpc) is 2.71. The number of aromatic carboxylic acids is 1. The quantitative estimate of drug-likeness (QED) is 0.486. The topological polar surface area (TPSA) is 90.4 Å². The number of benzene rings is 1. The third-order valence-corrected chi connectivity index (χ3v) is 4.89. The number of fused-ring (bicyclic) bond motifs is 1. The highest BCUT2D eigenvalue weighted by Gasteiger charge is 2.17. The molecule has 0 saturated heterocycles. The van der Waals surface area contributed by atoms with Crippen LogP contribution in [0, 0.1) is 0 Å². The van der Waals surface area contributed by atoms with Gasteiger partial charge in [0, 0.05) is 25.8 Å². The molecule has 2 aromatic rings. The molecule has 1 aromatic carbocycles. The van der Waals surface area contributed by atoms with Crippen molar-refractivity contribution < 1.29 is 14.6 Å². The molecule has 0 spiro atoms. The molecule has 114 valence electrons. The summed E-state index contributed by atoms with van der Waals surface area (Å²) in [7, 11) is -1.13. The summed E-state index contributed by atoms with van der Waals surface area (Å²) in [5, 5.41) is 13.9. The van der Waals surface area contributed by atoms with Crippen molar-refractivity contribution in [2.24, 2.45) is 0 Å². The standard InChI is InChI=1S/C14H21N3O3Si/c1-21(2,3)7-6-20-9-17-12-5-4-10(15)8-11(12)13(16-17)14(18)19/h4-5,8H,6-7,9,15H2,1-3H3,(H,18,19). The predicted octanol–water partition coefficient (Wildman–Crippen LogP) is 2.63. The van der Waals surface area contributed by atoms with E-state index in [9.17, 15) is 9.90 Å². The lowest BCUT2D eigenvalue weighted by atomic mass is 10.2. The molecule has 0 radical (unpaired) electrons. The minimum Gasteiger partial charge on any atom is -0.476 e. The number of nitrogens with zero attached hydrogens (tertiary/aromatic N) is 2. The van der Waals surface area contributed by atoms with Gasteiger partial charge in [-0.15, -0.1) is 0 Å². The van der Waals surface area contributed by atoms with Crippen molar-refractivity contribution in [2.45, 2.75) is 32.4 Å². The van der Waals surface area contributed by atoms with Gasteiger partial charge < -0.3 is 15.6 Å². The van der Waals surface area contributed by atoms with E-state index in [0.29, 0.717) is 17.7 Å². The maximum Gasteiger partial charge on any atom is 0.357 e. The van der Waals surface area contributed by atoms with Crippen LogP contribution in [-0.4, -0.2) is 35.5 Å². The number of carbonyl (C=O) groups is 1. The average molecular weight is 307 g/mol. The van der Waals surface area contributed by atoms with Gasteiger partial charge in [0.25, 0.3) is 0 Å². The summed E-state index contributed by atoms with van der Waals surface area (Å²) in [6, 6.07) is 6.19. The molecule has 0 atom stereocenters. The van der Waals surface area contributed by atoms with E-state index in [1.807, 2.05) is 0 Å². The van der Waals surface area contributed by atoms with Crippen LogP contribution in [0.25, 0.3) is 10.9 Å². The highest BCUT2D eigenvalue weighted by Crippen LogP contribution is 2.21. The monoisotopic (exact) mass is 307 g/mol. The van der Waals surface area contributed by atoms with Gasteiger partial charge in [-0.25, -0.2) is 9.48 Å². The number of hydrogen-bond acceptors (Lipinski definition) is 4. The Balaban J connectivity index is 2.18. The number of anilines is 1. The molecule has 6 nitrogen and oxygen atoms in total. The van der Waals surface area contributed by atoms with Gasteiger partial charge in [-0.2, -0.15) is 5.10 Å². The first-order valence-electron chi connectivity index (χ1n) is 6.85. The third kappa shape index (κ3) is 3.83. The lowest BCUT2D eigenvalue weighted by molar-refractivity contribution is 0.0676. The molecule has 1 aromatic heterocycles. The van der Waals surface area contributed by atoms with Gasteiger partial charge in [0.15, 0.2) is 5.69 Å². The SMILES string of the molecule is C[Si](C)(C)CCOCn1nc(C(=O)O)c2cc(N)ccc21. The molecular formula is C14H21N3O3Si. The molecule has 0 aliphatic carbocycles. The summed E-state index contributed by atoms with van der Waals surface area (Å²) >= 11 is 0. The smallest absolute Gasteiger partial charge is 0.357 e. The van der Waals surface area contributed by atoms with Crippen molar-refractivity contribution in [2.75, 3.05) is 12.3 Å². The third-order valence-electron chi connectivity index (χ3n) is 3.19. The van der Waals surface area contributed by atoms with Crippen LogP contribution in [0.15, 0.2) is 18.2 Å². The van der Waals surface area contributed by atoms with Gasteiger partial charge in [0.2, 0.25) is 0 Å². The number of nitrogen functional groups attached to an aromatic ring is 1. The molecule has 0 fully saturated rings. The number of carboxylic acids is 1. The van der Waals surface area contributed by atoms with Crippen LogP contribution >= 0.6 is 0 Å². The van der Waals surface area contributed by atoms with Crippen LogP contribution in [0.1, 0.15) is 10.5 Å². The predicted molar refractivity (Wildman–Crippen MR) is 85.2 cm³/mol. The zero-order valence-electron chi connectivity index (χ0n) is 12.6. The lowest BCUT2D eigenvalue weighted by Crippen LogP contribution is -2.22. The second kappa shape index (κ2) is 5.86. The Morgan fingerprint density at radius 2 is 2.14 bits per heavy atom. The Morgan fingerprint density at radius 1 is 1.43 bits per heavy atom. The summed E-state index contributed by atoms with van der Waals surface area (Å²) in [6.45, 7) is 7.76. The minimum atomic E-state index is -1.13. The number of aromatic nitrogens is 2. The Bertz CT molecular complexity index is 661. The van der Waals surface area contributed by atoms with Gasteiger partial charge in [-0.3, -0.25) is 0 Å². The summed E-state index contributed by atoms with van der Waals surface area (Å²) in [6.07, 6.45) is 0. The van der Waals surface area contributed by atoms with E-state index in [4.69, 9.17) is 10.5 Å². The number of rotatable bonds is 6. The molecule has 21 heavy (non-hydrogen) atoms. The second-order valence-electron chi connectivity index (χ2n) is 6.28. The molecule has 2 rings (SSSR count). The fourth-order valence-electron chi connectivity index (χ4n) is 1.98. The van der Waals surface area contributed by atoms with Crippen LogP contribution in [0.5, 0.6) is 0 Å². The highest BCUT2D eigenvalue weighted by molar-refractivity contribution is 6.76. The van der Waals surface area contributed by atoms with Crippen LogP contribution in [0.4, 0.5) is 5.69 Å². The second-order valence-corrected chi connectivity index (χ2v) is 11.9. The fourth-order valence-corrected chi connectivity index (χ4v) is 2.74. The van der Waals surface area contributed by atoms with E-state index >= 15 is 0 Å². The summed E-state index contributed by atoms with van der Waals surface area (Å²) < 4.78 is 7.21. The minimum absolute atomic E-state index is 0.00564. The van der Waals surface area contributed by atoms with E-state index < -0.39 is 14.0 Å². The molecule has 7 heteroatoms. The Hall–Kier alpha value is -1.86. The maximum absolute atomic E-state index is 11.2.